The van der Waals surface area contributed by atoms with E-state index < -0.39 is 0 Å². The van der Waals surface area contributed by atoms with Gasteiger partial charge in [0.25, 0.3) is 0 Å². The van der Waals surface area contributed by atoms with Crippen LogP contribution in [0.5, 0.6) is 0 Å². The number of rotatable bonds is 40. The summed E-state index contributed by atoms with van der Waals surface area (Å²) in [5.41, 5.74) is 0.913. The van der Waals surface area contributed by atoms with E-state index in [-0.39, 0.29) is 10.8 Å². The summed E-state index contributed by atoms with van der Waals surface area (Å²) in [6, 6.07) is 0. The normalized spacial score (nSPS) is 13.7. The van der Waals surface area contributed by atoms with E-state index >= 15 is 0 Å². The van der Waals surface area contributed by atoms with E-state index in [0.717, 1.165) is 0 Å². The molecule has 1 unspecified atom stereocenters. The Balaban J connectivity index is 4.95. The van der Waals surface area contributed by atoms with Gasteiger partial charge in [-0.05, 0) is 80.5 Å². The third-order valence-electron chi connectivity index (χ3n) is 12.9. The standard InChI is InChI=1S/C47H96O2/c1-7-13-25-34-45(33-18-12-6,41-32-42-47(44-49,38-28-16-10-4)39-29-17-11-5)35-30-23-21-19-20-22-24-31-40-46(43-48,36-26-14-8-2)37-27-15-9-3/h48-49H,7-44H2,1-6H3. The number of unbranched alkanes of at least 4 members (excludes halogenated alkanes) is 18. The maximum Gasteiger partial charge on any atom is 0.0487 e. The van der Waals surface area contributed by atoms with E-state index in [1.165, 1.54) is 231 Å². The van der Waals surface area contributed by atoms with Crippen molar-refractivity contribution in [3.63, 3.8) is 0 Å². The first-order valence-electron chi connectivity index (χ1n) is 23.1. The molecule has 0 aliphatic carbocycles. The quantitative estimate of drug-likeness (QED) is 0.0628. The number of aliphatic hydroxyl groups is 2. The maximum absolute atomic E-state index is 10.7. The van der Waals surface area contributed by atoms with E-state index in [0.29, 0.717) is 18.6 Å². The van der Waals surface area contributed by atoms with Crippen LogP contribution in [-0.2, 0) is 0 Å². The molecule has 2 nitrogen and oxygen atoms in total. The monoisotopic (exact) mass is 693 g/mol. The number of hydrogen-bond donors (Lipinski definition) is 2. The predicted octanol–water partition coefficient (Wildman–Crippen LogP) is 16.1. The van der Waals surface area contributed by atoms with Crippen molar-refractivity contribution in [2.75, 3.05) is 13.2 Å². The van der Waals surface area contributed by atoms with Crippen LogP contribution in [0, 0.1) is 16.2 Å². The molecule has 0 aliphatic rings. The van der Waals surface area contributed by atoms with E-state index in [4.69, 9.17) is 0 Å². The lowest BCUT2D eigenvalue weighted by Gasteiger charge is -2.38. The summed E-state index contributed by atoms with van der Waals surface area (Å²) >= 11 is 0. The zero-order chi connectivity index (χ0) is 36.4. The fraction of sp³-hybridized carbons (Fsp3) is 1.00. The predicted molar refractivity (Wildman–Crippen MR) is 222 cm³/mol. The Hall–Kier alpha value is -0.0800. The zero-order valence-corrected chi connectivity index (χ0v) is 35.3. The molecule has 296 valence electrons. The first-order valence-corrected chi connectivity index (χ1v) is 23.1. The molecule has 0 fully saturated rings. The Kier molecular flexibility index (Phi) is 33.7. The average Bonchev–Trinajstić information content (AvgIpc) is 3.11. The van der Waals surface area contributed by atoms with Gasteiger partial charge in [0, 0.05) is 13.2 Å². The van der Waals surface area contributed by atoms with Gasteiger partial charge in [0.05, 0.1) is 0 Å². The largest absolute Gasteiger partial charge is 0.396 e. The van der Waals surface area contributed by atoms with Gasteiger partial charge in [-0.2, -0.15) is 0 Å². The van der Waals surface area contributed by atoms with Gasteiger partial charge in [-0.3, -0.25) is 0 Å². The molecule has 0 saturated carbocycles. The van der Waals surface area contributed by atoms with Crippen LogP contribution in [-0.4, -0.2) is 23.4 Å². The topological polar surface area (TPSA) is 40.5 Å². The van der Waals surface area contributed by atoms with Crippen molar-refractivity contribution in [1.29, 1.82) is 0 Å². The fourth-order valence-electron chi connectivity index (χ4n) is 9.18. The Morgan fingerprint density at radius 1 is 0.224 bits per heavy atom. The third-order valence-corrected chi connectivity index (χ3v) is 12.9. The first-order chi connectivity index (χ1) is 23.9. The van der Waals surface area contributed by atoms with E-state index in [2.05, 4.69) is 41.5 Å². The van der Waals surface area contributed by atoms with Gasteiger partial charge in [-0.25, -0.2) is 0 Å². The molecule has 0 rings (SSSR count). The van der Waals surface area contributed by atoms with Crippen LogP contribution in [0.1, 0.15) is 273 Å². The van der Waals surface area contributed by atoms with Crippen molar-refractivity contribution in [1.82, 2.24) is 0 Å². The lowest BCUT2D eigenvalue weighted by molar-refractivity contribution is 0.0769. The van der Waals surface area contributed by atoms with E-state index in [1.54, 1.807) is 0 Å². The Morgan fingerprint density at radius 2 is 0.429 bits per heavy atom. The Labute approximate surface area is 311 Å². The van der Waals surface area contributed by atoms with Crippen molar-refractivity contribution in [3.8, 4) is 0 Å². The van der Waals surface area contributed by atoms with Gasteiger partial charge < -0.3 is 10.2 Å². The summed E-state index contributed by atoms with van der Waals surface area (Å²) < 4.78 is 0. The summed E-state index contributed by atoms with van der Waals surface area (Å²) in [5.74, 6) is 0. The van der Waals surface area contributed by atoms with Gasteiger partial charge in [0.15, 0.2) is 0 Å². The molecule has 0 spiro atoms. The second kappa shape index (κ2) is 33.7. The SMILES string of the molecule is CCCCCC(CO)(CCCCC)CCCCCCCCCCC(CCCC)(CCCCC)CCCC(CO)(CCCCC)CCCCC. The minimum atomic E-state index is 0.175. The minimum Gasteiger partial charge on any atom is -0.396 e. The molecule has 2 N–H and O–H groups in total. The fourth-order valence-corrected chi connectivity index (χ4v) is 9.18. The Bertz CT molecular complexity index is 638. The van der Waals surface area contributed by atoms with Crippen molar-refractivity contribution >= 4 is 0 Å². The summed E-state index contributed by atoms with van der Waals surface area (Å²) in [6.07, 6.45) is 47.9. The van der Waals surface area contributed by atoms with Crippen LogP contribution in [0.25, 0.3) is 0 Å². The van der Waals surface area contributed by atoms with Gasteiger partial charge in [-0.15, -0.1) is 0 Å². The van der Waals surface area contributed by atoms with Gasteiger partial charge in [0.1, 0.15) is 0 Å². The average molecular weight is 693 g/mol. The molecule has 0 aliphatic heterocycles. The first kappa shape index (κ1) is 48.9. The molecule has 0 aromatic rings. The van der Waals surface area contributed by atoms with Crippen LogP contribution in [0.2, 0.25) is 0 Å². The molecular formula is C47H96O2. The summed E-state index contributed by atoms with van der Waals surface area (Å²) in [7, 11) is 0. The molecule has 0 aromatic heterocycles. The number of hydrogen-bond acceptors (Lipinski definition) is 2. The summed E-state index contributed by atoms with van der Waals surface area (Å²) in [5, 5.41) is 21.2. The van der Waals surface area contributed by atoms with Crippen molar-refractivity contribution in [2.24, 2.45) is 16.2 Å². The van der Waals surface area contributed by atoms with Crippen molar-refractivity contribution in [3.05, 3.63) is 0 Å². The highest BCUT2D eigenvalue weighted by Gasteiger charge is 2.32. The molecule has 1 atom stereocenters. The molecule has 0 bridgehead atoms. The number of aliphatic hydroxyl groups excluding tert-OH is 2. The van der Waals surface area contributed by atoms with Crippen LogP contribution < -0.4 is 0 Å². The second-order valence-corrected chi connectivity index (χ2v) is 17.4. The molecule has 0 saturated heterocycles. The van der Waals surface area contributed by atoms with Crippen molar-refractivity contribution in [2.45, 2.75) is 273 Å². The van der Waals surface area contributed by atoms with E-state index in [9.17, 15) is 10.2 Å². The molecule has 0 amide bonds. The molecule has 0 radical (unpaired) electrons. The lowest BCUT2D eigenvalue weighted by Crippen LogP contribution is -2.28. The maximum atomic E-state index is 10.7. The van der Waals surface area contributed by atoms with Gasteiger partial charge in [0.2, 0.25) is 0 Å². The van der Waals surface area contributed by atoms with Gasteiger partial charge >= 0.3 is 0 Å². The van der Waals surface area contributed by atoms with E-state index in [1.807, 2.05) is 0 Å². The highest BCUT2D eigenvalue weighted by Crippen LogP contribution is 2.45. The summed E-state index contributed by atoms with van der Waals surface area (Å²) in [4.78, 5) is 0. The van der Waals surface area contributed by atoms with Crippen LogP contribution >= 0.6 is 0 Å². The molecule has 0 aromatic carbocycles. The molecule has 0 heterocycles. The van der Waals surface area contributed by atoms with Gasteiger partial charge in [-0.1, -0.05) is 208 Å². The lowest BCUT2D eigenvalue weighted by atomic mass is 9.68. The smallest absolute Gasteiger partial charge is 0.0487 e. The van der Waals surface area contributed by atoms with Crippen molar-refractivity contribution < 1.29 is 10.2 Å². The van der Waals surface area contributed by atoms with Crippen LogP contribution in [0.15, 0.2) is 0 Å². The highest BCUT2D eigenvalue weighted by molar-refractivity contribution is 4.84. The van der Waals surface area contributed by atoms with Crippen LogP contribution in [0.3, 0.4) is 0 Å². The Morgan fingerprint density at radius 3 is 0.714 bits per heavy atom. The third kappa shape index (κ3) is 24.7. The molecule has 2 heteroatoms. The minimum absolute atomic E-state index is 0.175. The van der Waals surface area contributed by atoms with Crippen LogP contribution in [0.4, 0.5) is 0 Å². The summed E-state index contributed by atoms with van der Waals surface area (Å²) in [6.45, 7) is 14.8. The molecular weight excluding hydrogens is 597 g/mol. The highest BCUT2D eigenvalue weighted by atomic mass is 16.3. The molecule has 49 heavy (non-hydrogen) atoms. The second-order valence-electron chi connectivity index (χ2n) is 17.4. The zero-order valence-electron chi connectivity index (χ0n) is 35.3.